The number of nitrogens with zero attached hydrogens (tertiary/aromatic N) is 2. The van der Waals surface area contributed by atoms with E-state index in [9.17, 15) is 9.59 Å². The summed E-state index contributed by atoms with van der Waals surface area (Å²) in [5.74, 6) is 0.217. The molecule has 12 heteroatoms. The highest BCUT2D eigenvalue weighted by Crippen LogP contribution is 2.36. The molecule has 1 atom stereocenters. The van der Waals surface area contributed by atoms with Crippen molar-refractivity contribution < 1.29 is 14.3 Å². The van der Waals surface area contributed by atoms with E-state index < -0.39 is 12.0 Å². The summed E-state index contributed by atoms with van der Waals surface area (Å²) >= 11 is 19.8. The SMILES string of the molecule is CCOC(=O)C1=C(c2ccccc2)N=c2s/c(=C\c3cc(I)c(OCc4ccc(Cl)cc4Cl)c(I)c3)c(=O)n2[C@H]1c1ccc(SC)cc1. The van der Waals surface area contributed by atoms with Crippen LogP contribution in [0.2, 0.25) is 10.0 Å². The van der Waals surface area contributed by atoms with E-state index in [1.54, 1.807) is 35.4 Å². The van der Waals surface area contributed by atoms with Crippen LogP contribution in [0.25, 0.3) is 11.8 Å². The number of benzene rings is 4. The first-order valence-electron chi connectivity index (χ1n) is 14.7. The number of carbonyl (C=O) groups is 1. The number of thioether (sulfide) groups is 1. The maximum Gasteiger partial charge on any atom is 0.338 e. The average Bonchev–Trinajstić information content (AvgIpc) is 3.38. The highest BCUT2D eigenvalue weighted by Gasteiger charge is 2.35. The minimum absolute atomic E-state index is 0.191. The summed E-state index contributed by atoms with van der Waals surface area (Å²) in [5.41, 5.74) is 3.79. The first-order valence-corrected chi connectivity index (χ1v) is 19.6. The van der Waals surface area contributed by atoms with Crippen LogP contribution in [0, 0.1) is 7.14 Å². The van der Waals surface area contributed by atoms with Crippen molar-refractivity contribution in [3.05, 3.63) is 150 Å². The van der Waals surface area contributed by atoms with Crippen LogP contribution in [-0.2, 0) is 16.1 Å². The van der Waals surface area contributed by atoms with Crippen molar-refractivity contribution >= 4 is 109 Å². The summed E-state index contributed by atoms with van der Waals surface area (Å²) in [5, 5.41) is 1.11. The molecule has 1 aliphatic heterocycles. The Morgan fingerprint density at radius 3 is 2.38 bits per heavy atom. The van der Waals surface area contributed by atoms with E-state index in [0.29, 0.717) is 30.6 Å². The van der Waals surface area contributed by atoms with Gasteiger partial charge in [0.15, 0.2) is 4.80 Å². The Morgan fingerprint density at radius 2 is 1.73 bits per heavy atom. The Bertz CT molecular complexity index is 2210. The molecule has 1 aromatic heterocycles. The Kier molecular flexibility index (Phi) is 11.4. The minimum atomic E-state index is -0.732. The minimum Gasteiger partial charge on any atom is -0.487 e. The van der Waals surface area contributed by atoms with Crippen molar-refractivity contribution in [2.45, 2.75) is 24.5 Å². The number of rotatable bonds is 9. The topological polar surface area (TPSA) is 69.9 Å². The van der Waals surface area contributed by atoms with E-state index >= 15 is 0 Å². The van der Waals surface area contributed by atoms with Gasteiger partial charge < -0.3 is 9.47 Å². The molecular weight excluding hydrogens is 913 g/mol. The van der Waals surface area contributed by atoms with Gasteiger partial charge in [-0.3, -0.25) is 9.36 Å². The summed E-state index contributed by atoms with van der Waals surface area (Å²) in [6.45, 7) is 2.24. The Balaban J connectivity index is 1.47. The third-order valence-corrected chi connectivity index (χ3v) is 11.4. The van der Waals surface area contributed by atoms with Crippen LogP contribution in [0.15, 0.2) is 105 Å². The van der Waals surface area contributed by atoms with Crippen LogP contribution >= 0.6 is 91.5 Å². The molecular formula is C36H26Cl2I2N2O4S2. The van der Waals surface area contributed by atoms with E-state index in [-0.39, 0.29) is 18.8 Å². The number of halogens is 4. The zero-order valence-electron chi connectivity index (χ0n) is 25.5. The molecule has 0 saturated heterocycles. The van der Waals surface area contributed by atoms with E-state index in [1.165, 1.54) is 11.3 Å². The summed E-state index contributed by atoms with van der Waals surface area (Å²) < 4.78 is 15.6. The van der Waals surface area contributed by atoms with Crippen LogP contribution in [0.3, 0.4) is 0 Å². The maximum absolute atomic E-state index is 14.3. The second-order valence-electron chi connectivity index (χ2n) is 10.5. The van der Waals surface area contributed by atoms with Gasteiger partial charge in [-0.05, 0) is 112 Å². The Hall–Kier alpha value is -2.62. The lowest BCUT2D eigenvalue weighted by atomic mass is 9.93. The highest BCUT2D eigenvalue weighted by atomic mass is 127. The smallest absolute Gasteiger partial charge is 0.338 e. The molecule has 0 N–H and O–H groups in total. The number of esters is 1. The molecule has 0 saturated carbocycles. The van der Waals surface area contributed by atoms with Crippen LogP contribution in [0.5, 0.6) is 5.75 Å². The maximum atomic E-state index is 14.3. The van der Waals surface area contributed by atoms with Crippen molar-refractivity contribution in [2.75, 3.05) is 12.9 Å². The summed E-state index contributed by atoms with van der Waals surface area (Å²) in [4.78, 5) is 34.5. The lowest BCUT2D eigenvalue weighted by Crippen LogP contribution is -2.40. The molecule has 0 bridgehead atoms. The molecule has 0 amide bonds. The molecule has 1 aliphatic rings. The number of fused-ring (bicyclic) bond motifs is 1. The van der Waals surface area contributed by atoms with Crippen LogP contribution in [0.1, 0.15) is 35.2 Å². The second kappa shape index (κ2) is 15.5. The van der Waals surface area contributed by atoms with Crippen LogP contribution in [-0.4, -0.2) is 23.4 Å². The van der Waals surface area contributed by atoms with Crippen molar-refractivity contribution in [2.24, 2.45) is 4.99 Å². The highest BCUT2D eigenvalue weighted by molar-refractivity contribution is 14.1. The van der Waals surface area contributed by atoms with Gasteiger partial charge in [0.2, 0.25) is 0 Å². The molecule has 4 aromatic carbocycles. The van der Waals surface area contributed by atoms with Gasteiger partial charge in [0, 0.05) is 26.1 Å². The first-order chi connectivity index (χ1) is 23.2. The number of ether oxygens (including phenoxy) is 2. The number of aromatic nitrogens is 1. The largest absolute Gasteiger partial charge is 0.487 e. The van der Waals surface area contributed by atoms with Gasteiger partial charge in [0.1, 0.15) is 12.4 Å². The molecule has 244 valence electrons. The number of hydrogen-bond donors (Lipinski definition) is 0. The van der Waals surface area contributed by atoms with Crippen molar-refractivity contribution in [1.82, 2.24) is 4.57 Å². The summed E-state index contributed by atoms with van der Waals surface area (Å²) in [6, 6.07) is 26.0. The fourth-order valence-corrected chi connectivity index (χ4v) is 9.28. The monoisotopic (exact) mass is 938 g/mol. The third-order valence-electron chi connectivity index (χ3n) is 7.51. The Morgan fingerprint density at radius 1 is 1.02 bits per heavy atom. The molecule has 48 heavy (non-hydrogen) atoms. The standard InChI is InChI=1S/C36H26Cl2I2N2O4S2/c1-3-45-35(44)30-31(21-7-5-4-6-8-21)41-36-42(32(30)22-10-13-25(47-2)14-11-22)34(43)29(48-36)17-20-15-27(39)33(28(40)16-20)46-19-23-9-12-24(37)18-26(23)38/h4-18,32H,3,19H2,1-2H3/b29-17-/t32-/m0/s1. The van der Waals surface area contributed by atoms with E-state index in [2.05, 4.69) is 45.2 Å². The van der Waals surface area contributed by atoms with Gasteiger partial charge >= 0.3 is 5.97 Å². The van der Waals surface area contributed by atoms with E-state index in [1.807, 2.05) is 85.1 Å². The van der Waals surface area contributed by atoms with Crippen molar-refractivity contribution in [3.8, 4) is 5.75 Å². The third kappa shape index (κ3) is 7.43. The summed E-state index contributed by atoms with van der Waals surface area (Å²) in [6.07, 6.45) is 3.87. The van der Waals surface area contributed by atoms with E-state index in [0.717, 1.165) is 40.0 Å². The molecule has 6 nitrogen and oxygen atoms in total. The lowest BCUT2D eigenvalue weighted by Gasteiger charge is -2.26. The van der Waals surface area contributed by atoms with Gasteiger partial charge in [0.05, 0.1) is 35.6 Å². The molecule has 0 fully saturated rings. The fourth-order valence-electron chi connectivity index (χ4n) is 5.28. The number of hydrogen-bond acceptors (Lipinski definition) is 7. The predicted molar refractivity (Wildman–Crippen MR) is 212 cm³/mol. The second-order valence-corrected chi connectivity index (χ2v) is 15.6. The molecule has 0 spiro atoms. The molecule has 0 aliphatic carbocycles. The normalized spacial score (nSPS) is 14.5. The van der Waals surface area contributed by atoms with Crippen molar-refractivity contribution in [3.63, 3.8) is 0 Å². The summed E-state index contributed by atoms with van der Waals surface area (Å²) in [7, 11) is 0. The van der Waals surface area contributed by atoms with Gasteiger partial charge in [-0.1, -0.05) is 83.1 Å². The molecule has 5 aromatic rings. The average molecular weight is 939 g/mol. The lowest BCUT2D eigenvalue weighted by molar-refractivity contribution is -0.138. The van der Waals surface area contributed by atoms with Crippen molar-refractivity contribution in [1.29, 1.82) is 0 Å². The van der Waals surface area contributed by atoms with Gasteiger partial charge in [-0.25, -0.2) is 9.79 Å². The van der Waals surface area contributed by atoms with Gasteiger partial charge in [-0.2, -0.15) is 0 Å². The van der Waals surface area contributed by atoms with E-state index in [4.69, 9.17) is 37.7 Å². The Labute approximate surface area is 322 Å². The first kappa shape index (κ1) is 35.2. The van der Waals surface area contributed by atoms with Gasteiger partial charge in [0.25, 0.3) is 5.56 Å². The molecule has 2 heterocycles. The van der Waals surface area contributed by atoms with Crippen LogP contribution in [0.4, 0.5) is 0 Å². The predicted octanol–water partition coefficient (Wildman–Crippen LogP) is 8.75. The number of thiazole rings is 1. The molecule has 0 unspecified atom stereocenters. The van der Waals surface area contributed by atoms with Crippen LogP contribution < -0.4 is 19.6 Å². The molecule has 6 rings (SSSR count). The van der Waals surface area contributed by atoms with Gasteiger partial charge in [-0.15, -0.1) is 11.8 Å². The number of carbonyl (C=O) groups excluding carboxylic acids is 1. The zero-order chi connectivity index (χ0) is 33.9. The molecule has 0 radical (unpaired) electrons. The zero-order valence-corrected chi connectivity index (χ0v) is 33.0. The quantitative estimate of drug-likeness (QED) is 0.0841. The fraction of sp³-hybridized carbons (Fsp3) is 0.139.